The molecule has 3 heteroatoms. The van der Waals surface area contributed by atoms with E-state index in [4.69, 9.17) is 10.5 Å². The third-order valence-electron chi connectivity index (χ3n) is 2.66. The monoisotopic (exact) mass is 245 g/mol. The zero-order valence-electron chi connectivity index (χ0n) is 10.1. The Bertz CT molecular complexity index is 496. The molecule has 18 heavy (non-hydrogen) atoms. The largest absolute Gasteiger partial charge is 0.457 e. The number of ether oxygens (including phenoxy) is 1. The predicted octanol–water partition coefficient (Wildman–Crippen LogP) is 3.51. The number of hydrogen-bond acceptors (Lipinski definition) is 2. The minimum absolute atomic E-state index is 0.265. The van der Waals surface area contributed by atoms with Gasteiger partial charge in [0, 0.05) is 0 Å². The van der Waals surface area contributed by atoms with E-state index in [2.05, 4.69) is 0 Å². The highest BCUT2D eigenvalue weighted by molar-refractivity contribution is 5.37. The summed E-state index contributed by atoms with van der Waals surface area (Å²) in [6, 6.07) is 13.8. The van der Waals surface area contributed by atoms with Crippen molar-refractivity contribution in [2.75, 3.05) is 6.54 Å². The highest BCUT2D eigenvalue weighted by Gasteiger charge is 2.04. The molecule has 0 aliphatic carbocycles. The van der Waals surface area contributed by atoms with Crippen LogP contribution in [0.15, 0.2) is 48.5 Å². The summed E-state index contributed by atoms with van der Waals surface area (Å²) in [4.78, 5) is 0. The molecule has 0 unspecified atom stereocenters. The Morgan fingerprint density at radius 3 is 2.44 bits per heavy atom. The van der Waals surface area contributed by atoms with E-state index in [9.17, 15) is 4.39 Å². The number of rotatable bonds is 5. The van der Waals surface area contributed by atoms with E-state index >= 15 is 0 Å². The van der Waals surface area contributed by atoms with Gasteiger partial charge in [-0.3, -0.25) is 0 Å². The van der Waals surface area contributed by atoms with Gasteiger partial charge in [0.15, 0.2) is 0 Å². The maximum Gasteiger partial charge on any atom is 0.130 e. The second kappa shape index (κ2) is 6.17. The van der Waals surface area contributed by atoms with Gasteiger partial charge in [-0.25, -0.2) is 4.39 Å². The van der Waals surface area contributed by atoms with Crippen LogP contribution in [-0.2, 0) is 6.42 Å². The lowest BCUT2D eigenvalue weighted by molar-refractivity contribution is 0.473. The molecule has 0 aliphatic heterocycles. The maximum atomic E-state index is 12.8. The quantitative estimate of drug-likeness (QED) is 0.874. The topological polar surface area (TPSA) is 35.2 Å². The summed E-state index contributed by atoms with van der Waals surface area (Å²) in [7, 11) is 0. The van der Waals surface area contributed by atoms with E-state index < -0.39 is 0 Å². The van der Waals surface area contributed by atoms with Crippen LogP contribution in [0.25, 0.3) is 0 Å². The summed E-state index contributed by atoms with van der Waals surface area (Å²) >= 11 is 0. The smallest absolute Gasteiger partial charge is 0.130 e. The summed E-state index contributed by atoms with van der Waals surface area (Å²) < 4.78 is 18.6. The van der Waals surface area contributed by atoms with Crippen LogP contribution in [0.4, 0.5) is 4.39 Å². The zero-order chi connectivity index (χ0) is 12.8. The lowest BCUT2D eigenvalue weighted by Crippen LogP contribution is -2.01. The van der Waals surface area contributed by atoms with Gasteiger partial charge in [0.2, 0.25) is 0 Å². The van der Waals surface area contributed by atoms with Crippen LogP contribution in [0.1, 0.15) is 12.0 Å². The fraction of sp³-hybridized carbons (Fsp3) is 0.200. The van der Waals surface area contributed by atoms with E-state index in [1.165, 1.54) is 12.1 Å². The molecule has 2 aromatic carbocycles. The summed E-state index contributed by atoms with van der Waals surface area (Å²) in [6.07, 6.45) is 1.80. The summed E-state index contributed by atoms with van der Waals surface area (Å²) in [5.74, 6) is 1.17. The molecule has 0 saturated heterocycles. The molecular weight excluding hydrogens is 229 g/mol. The lowest BCUT2D eigenvalue weighted by Gasteiger charge is -2.10. The molecule has 0 spiro atoms. The van der Waals surface area contributed by atoms with Crippen LogP contribution in [0.5, 0.6) is 11.5 Å². The summed E-state index contributed by atoms with van der Waals surface area (Å²) in [5.41, 5.74) is 6.63. The lowest BCUT2D eigenvalue weighted by atomic mass is 10.1. The van der Waals surface area contributed by atoms with Crippen molar-refractivity contribution in [1.29, 1.82) is 0 Å². The molecule has 2 nitrogen and oxygen atoms in total. The van der Waals surface area contributed by atoms with Gasteiger partial charge in [0.05, 0.1) is 0 Å². The van der Waals surface area contributed by atoms with Gasteiger partial charge in [-0.1, -0.05) is 18.2 Å². The minimum Gasteiger partial charge on any atom is -0.457 e. The highest BCUT2D eigenvalue weighted by Crippen LogP contribution is 2.26. The molecule has 0 aliphatic rings. The first kappa shape index (κ1) is 12.6. The van der Waals surface area contributed by atoms with Gasteiger partial charge in [-0.15, -0.1) is 0 Å². The number of nitrogens with two attached hydrogens (primary N) is 1. The molecule has 0 fully saturated rings. The number of aryl methyl sites for hydroxylation is 1. The van der Waals surface area contributed by atoms with E-state index in [-0.39, 0.29) is 5.82 Å². The standard InChI is InChI=1S/C15H16FNO/c16-13-7-9-14(10-8-13)18-15-6-2-1-4-12(15)5-3-11-17/h1-2,4,6-10H,3,5,11,17H2. The molecule has 0 aromatic heterocycles. The molecule has 2 aromatic rings. The fourth-order valence-electron chi connectivity index (χ4n) is 1.73. The Morgan fingerprint density at radius 2 is 1.72 bits per heavy atom. The van der Waals surface area contributed by atoms with Crippen molar-refractivity contribution in [2.45, 2.75) is 12.8 Å². The first-order valence-electron chi connectivity index (χ1n) is 6.01. The van der Waals surface area contributed by atoms with Crippen LogP contribution in [0, 0.1) is 5.82 Å². The van der Waals surface area contributed by atoms with Crippen LogP contribution in [-0.4, -0.2) is 6.54 Å². The highest BCUT2D eigenvalue weighted by atomic mass is 19.1. The number of hydrogen-bond donors (Lipinski definition) is 1. The SMILES string of the molecule is NCCCc1ccccc1Oc1ccc(F)cc1. The van der Waals surface area contributed by atoms with Crippen molar-refractivity contribution in [2.24, 2.45) is 5.73 Å². The maximum absolute atomic E-state index is 12.8. The molecule has 0 heterocycles. The Kier molecular flexibility index (Phi) is 4.31. The Balaban J connectivity index is 2.15. The van der Waals surface area contributed by atoms with Crippen molar-refractivity contribution < 1.29 is 9.13 Å². The van der Waals surface area contributed by atoms with Gasteiger partial charge in [0.1, 0.15) is 17.3 Å². The van der Waals surface area contributed by atoms with Crippen LogP contribution < -0.4 is 10.5 Å². The fourth-order valence-corrected chi connectivity index (χ4v) is 1.73. The normalized spacial score (nSPS) is 10.3. The number of benzene rings is 2. The molecule has 2 rings (SSSR count). The first-order valence-corrected chi connectivity index (χ1v) is 6.01. The van der Waals surface area contributed by atoms with E-state index in [1.807, 2.05) is 24.3 Å². The molecule has 94 valence electrons. The summed E-state index contributed by atoms with van der Waals surface area (Å²) in [5, 5.41) is 0. The van der Waals surface area contributed by atoms with E-state index in [1.54, 1.807) is 12.1 Å². The third-order valence-corrected chi connectivity index (χ3v) is 2.66. The second-order valence-electron chi connectivity index (χ2n) is 4.06. The predicted molar refractivity (Wildman–Crippen MR) is 70.3 cm³/mol. The molecule has 0 radical (unpaired) electrons. The van der Waals surface area contributed by atoms with E-state index in [0.717, 1.165) is 24.2 Å². The molecule has 0 saturated carbocycles. The van der Waals surface area contributed by atoms with Gasteiger partial charge in [0.25, 0.3) is 0 Å². The number of halogens is 1. The molecule has 0 bridgehead atoms. The minimum atomic E-state index is -0.265. The number of para-hydroxylation sites is 1. The van der Waals surface area contributed by atoms with Gasteiger partial charge in [-0.2, -0.15) is 0 Å². The average Bonchev–Trinajstić information content (AvgIpc) is 2.40. The Labute approximate surface area is 106 Å². The van der Waals surface area contributed by atoms with Crippen molar-refractivity contribution in [1.82, 2.24) is 0 Å². The van der Waals surface area contributed by atoms with Gasteiger partial charge < -0.3 is 10.5 Å². The third kappa shape index (κ3) is 3.31. The Hall–Kier alpha value is -1.87. The zero-order valence-corrected chi connectivity index (χ0v) is 10.1. The second-order valence-corrected chi connectivity index (χ2v) is 4.06. The van der Waals surface area contributed by atoms with Crippen LogP contribution in [0.2, 0.25) is 0 Å². The molecule has 0 amide bonds. The van der Waals surface area contributed by atoms with Crippen LogP contribution in [0.3, 0.4) is 0 Å². The van der Waals surface area contributed by atoms with Crippen molar-refractivity contribution in [3.05, 3.63) is 59.9 Å². The molecular formula is C15H16FNO. The van der Waals surface area contributed by atoms with E-state index in [0.29, 0.717) is 12.3 Å². The van der Waals surface area contributed by atoms with Gasteiger partial charge >= 0.3 is 0 Å². The summed E-state index contributed by atoms with van der Waals surface area (Å²) in [6.45, 7) is 0.658. The Morgan fingerprint density at radius 1 is 1.00 bits per heavy atom. The van der Waals surface area contributed by atoms with Crippen molar-refractivity contribution in [3.8, 4) is 11.5 Å². The average molecular weight is 245 g/mol. The van der Waals surface area contributed by atoms with Gasteiger partial charge in [-0.05, 0) is 55.3 Å². The van der Waals surface area contributed by atoms with Crippen LogP contribution >= 0.6 is 0 Å². The van der Waals surface area contributed by atoms with Crippen molar-refractivity contribution in [3.63, 3.8) is 0 Å². The first-order chi connectivity index (χ1) is 8.79. The molecule has 0 atom stereocenters. The molecule has 2 N–H and O–H groups in total. The van der Waals surface area contributed by atoms with Crippen molar-refractivity contribution >= 4 is 0 Å².